The molecule has 0 amide bonds. The molecule has 1 fully saturated rings. The number of aromatic nitrogens is 2. The molecular formula is C11H17N5O2S2. The molecule has 2 aromatic rings. The fourth-order valence-electron chi connectivity index (χ4n) is 2.39. The summed E-state index contributed by atoms with van der Waals surface area (Å²) in [5.74, 6) is 0.0726. The first kappa shape index (κ1) is 13.8. The lowest BCUT2D eigenvalue weighted by Crippen LogP contribution is -2.52. The van der Waals surface area contributed by atoms with E-state index in [0.29, 0.717) is 24.6 Å². The van der Waals surface area contributed by atoms with Crippen LogP contribution in [-0.4, -0.2) is 59.7 Å². The van der Waals surface area contributed by atoms with Gasteiger partial charge in [-0.3, -0.25) is 4.40 Å². The molecule has 0 spiro atoms. The van der Waals surface area contributed by atoms with Crippen LogP contribution < -0.4 is 5.73 Å². The Morgan fingerprint density at radius 2 is 2.20 bits per heavy atom. The highest BCUT2D eigenvalue weighted by molar-refractivity contribution is 7.89. The number of hydrogen-bond donors (Lipinski definition) is 1. The van der Waals surface area contributed by atoms with E-state index in [1.54, 1.807) is 16.0 Å². The average Bonchev–Trinajstić information content (AvgIpc) is 2.91. The van der Waals surface area contributed by atoms with Crippen molar-refractivity contribution in [2.24, 2.45) is 0 Å². The minimum atomic E-state index is -3.61. The second kappa shape index (κ2) is 4.69. The maximum atomic E-state index is 12.8. The van der Waals surface area contributed by atoms with Crippen LogP contribution in [0.2, 0.25) is 0 Å². The summed E-state index contributed by atoms with van der Waals surface area (Å²) in [4.78, 5) is 6.86. The van der Waals surface area contributed by atoms with Gasteiger partial charge in [-0.15, -0.1) is 11.3 Å². The summed E-state index contributed by atoms with van der Waals surface area (Å²) < 4.78 is 28.7. The quantitative estimate of drug-likeness (QED) is 0.862. The lowest BCUT2D eigenvalue weighted by atomic mass is 10.2. The largest absolute Gasteiger partial charge is 0.381 e. The monoisotopic (exact) mass is 315 g/mol. The zero-order valence-corrected chi connectivity index (χ0v) is 13.0. The van der Waals surface area contributed by atoms with Crippen molar-refractivity contribution in [2.75, 3.05) is 32.4 Å². The minimum Gasteiger partial charge on any atom is -0.381 e. The van der Waals surface area contributed by atoms with Crippen LogP contribution in [-0.2, 0) is 10.0 Å². The summed E-state index contributed by atoms with van der Waals surface area (Å²) in [6.07, 6.45) is 1.69. The third-order valence-electron chi connectivity index (χ3n) is 3.75. The molecule has 9 heteroatoms. The van der Waals surface area contributed by atoms with Gasteiger partial charge in [-0.05, 0) is 14.0 Å². The third kappa shape index (κ3) is 2.01. The van der Waals surface area contributed by atoms with Crippen LogP contribution >= 0.6 is 11.3 Å². The number of rotatable bonds is 2. The zero-order valence-electron chi connectivity index (χ0n) is 11.4. The van der Waals surface area contributed by atoms with Gasteiger partial charge in [0.1, 0.15) is 0 Å². The van der Waals surface area contributed by atoms with E-state index in [0.717, 1.165) is 0 Å². The Bertz CT molecular complexity index is 735. The van der Waals surface area contributed by atoms with E-state index < -0.39 is 10.0 Å². The predicted octanol–water partition coefficient (Wildman–Crippen LogP) is 0.303. The lowest BCUT2D eigenvalue weighted by Gasteiger charge is -2.36. The molecule has 2 aromatic heterocycles. The number of likely N-dealkylation sites (N-methyl/N-ethyl adjacent to an activating group) is 1. The maximum absolute atomic E-state index is 12.8. The van der Waals surface area contributed by atoms with E-state index in [2.05, 4.69) is 9.88 Å². The Kier molecular flexibility index (Phi) is 3.24. The molecule has 1 atom stereocenters. The molecule has 110 valence electrons. The van der Waals surface area contributed by atoms with Crippen LogP contribution in [0.5, 0.6) is 0 Å². The van der Waals surface area contributed by atoms with Crippen molar-refractivity contribution in [2.45, 2.75) is 18.0 Å². The molecule has 0 bridgehead atoms. The van der Waals surface area contributed by atoms with Crippen molar-refractivity contribution >= 4 is 32.1 Å². The van der Waals surface area contributed by atoms with Crippen molar-refractivity contribution < 1.29 is 8.42 Å². The van der Waals surface area contributed by atoms with Crippen LogP contribution in [0.15, 0.2) is 16.6 Å². The Morgan fingerprint density at radius 3 is 2.90 bits per heavy atom. The Labute approximate surface area is 121 Å². The maximum Gasteiger partial charge on any atom is 0.262 e. The molecule has 20 heavy (non-hydrogen) atoms. The van der Waals surface area contributed by atoms with Gasteiger partial charge in [-0.25, -0.2) is 13.4 Å². The number of piperazine rings is 1. The second-order valence-corrected chi connectivity index (χ2v) is 7.78. The summed E-state index contributed by atoms with van der Waals surface area (Å²) in [5, 5.41) is 1.89. The minimum absolute atomic E-state index is 0.0726. The van der Waals surface area contributed by atoms with Crippen molar-refractivity contribution in [3.63, 3.8) is 0 Å². The molecule has 1 saturated heterocycles. The van der Waals surface area contributed by atoms with Gasteiger partial charge in [0, 0.05) is 37.3 Å². The Balaban J connectivity index is 2.04. The standard InChI is InChI=1S/C11H17N5O2S2/c1-8-7-15(4-3-14(8)2)20(17,18)10-9(12)13-11-16(10)5-6-19-11/h5-6,8H,3-4,7,12H2,1-2H3. The highest BCUT2D eigenvalue weighted by Crippen LogP contribution is 2.27. The number of nitrogens with zero attached hydrogens (tertiary/aromatic N) is 4. The van der Waals surface area contributed by atoms with Crippen molar-refractivity contribution in [3.8, 4) is 0 Å². The summed E-state index contributed by atoms with van der Waals surface area (Å²) >= 11 is 1.37. The number of imidazole rings is 1. The summed E-state index contributed by atoms with van der Waals surface area (Å²) in [5.41, 5.74) is 5.81. The zero-order chi connectivity index (χ0) is 14.5. The van der Waals surface area contributed by atoms with E-state index in [1.807, 2.05) is 14.0 Å². The second-order valence-electron chi connectivity index (χ2n) is 5.05. The Hall–Kier alpha value is -1.16. The van der Waals surface area contributed by atoms with Gasteiger partial charge in [-0.1, -0.05) is 0 Å². The summed E-state index contributed by atoms with van der Waals surface area (Å²) in [6, 6.07) is 0.186. The van der Waals surface area contributed by atoms with E-state index >= 15 is 0 Å². The van der Waals surface area contributed by atoms with Gasteiger partial charge in [0.2, 0.25) is 0 Å². The number of anilines is 1. The highest BCUT2D eigenvalue weighted by Gasteiger charge is 2.34. The first-order valence-electron chi connectivity index (χ1n) is 6.32. The molecule has 0 radical (unpaired) electrons. The molecule has 0 saturated carbocycles. The highest BCUT2D eigenvalue weighted by atomic mass is 32.2. The van der Waals surface area contributed by atoms with Gasteiger partial charge < -0.3 is 10.6 Å². The molecule has 3 rings (SSSR count). The summed E-state index contributed by atoms with van der Waals surface area (Å²) in [7, 11) is -1.61. The smallest absolute Gasteiger partial charge is 0.262 e. The van der Waals surface area contributed by atoms with Crippen LogP contribution in [0.3, 0.4) is 0 Å². The molecule has 0 aliphatic carbocycles. The first-order chi connectivity index (χ1) is 9.41. The average molecular weight is 315 g/mol. The lowest BCUT2D eigenvalue weighted by molar-refractivity contribution is 0.159. The van der Waals surface area contributed by atoms with Gasteiger partial charge in [-0.2, -0.15) is 4.31 Å². The van der Waals surface area contributed by atoms with Crippen LogP contribution in [0.4, 0.5) is 5.82 Å². The van der Waals surface area contributed by atoms with Gasteiger partial charge in [0.25, 0.3) is 10.0 Å². The fourth-order valence-corrected chi connectivity index (χ4v) is 4.86. The number of hydrogen-bond acceptors (Lipinski definition) is 6. The van der Waals surface area contributed by atoms with Crippen LogP contribution in [0, 0.1) is 0 Å². The molecular weight excluding hydrogens is 298 g/mol. The molecule has 0 aromatic carbocycles. The van der Waals surface area contributed by atoms with Gasteiger partial charge in [0.05, 0.1) is 0 Å². The molecule has 1 unspecified atom stereocenters. The van der Waals surface area contributed by atoms with E-state index in [4.69, 9.17) is 5.73 Å². The van der Waals surface area contributed by atoms with Crippen LogP contribution in [0.25, 0.3) is 4.96 Å². The molecule has 1 aliphatic heterocycles. The van der Waals surface area contributed by atoms with Crippen molar-refractivity contribution in [3.05, 3.63) is 11.6 Å². The SMILES string of the molecule is CC1CN(S(=O)(=O)c2c(N)nc3sccn23)CCN1C. The number of nitrogen functional groups attached to an aromatic ring is 1. The number of fused-ring (bicyclic) bond motifs is 1. The molecule has 3 heterocycles. The van der Waals surface area contributed by atoms with E-state index in [9.17, 15) is 8.42 Å². The van der Waals surface area contributed by atoms with Crippen molar-refractivity contribution in [1.29, 1.82) is 0 Å². The van der Waals surface area contributed by atoms with Gasteiger partial charge in [0.15, 0.2) is 15.8 Å². The topological polar surface area (TPSA) is 83.9 Å². The molecule has 2 N–H and O–H groups in total. The van der Waals surface area contributed by atoms with E-state index in [1.165, 1.54) is 15.6 Å². The number of nitrogens with two attached hydrogens (primary N) is 1. The van der Waals surface area contributed by atoms with E-state index in [-0.39, 0.29) is 16.9 Å². The summed E-state index contributed by atoms with van der Waals surface area (Å²) in [6.45, 7) is 3.67. The first-order valence-corrected chi connectivity index (χ1v) is 8.64. The van der Waals surface area contributed by atoms with Gasteiger partial charge >= 0.3 is 0 Å². The molecule has 7 nitrogen and oxygen atoms in total. The van der Waals surface area contributed by atoms with Crippen LogP contribution in [0.1, 0.15) is 6.92 Å². The predicted molar refractivity (Wildman–Crippen MR) is 78.3 cm³/mol. The Morgan fingerprint density at radius 1 is 1.45 bits per heavy atom. The number of sulfonamides is 1. The normalized spacial score (nSPS) is 22.6. The third-order valence-corrected chi connectivity index (χ3v) is 6.41. The number of thiazole rings is 1. The van der Waals surface area contributed by atoms with Crippen molar-refractivity contribution in [1.82, 2.24) is 18.6 Å². The fraction of sp³-hybridized carbons (Fsp3) is 0.545. The molecule has 1 aliphatic rings.